The van der Waals surface area contributed by atoms with Gasteiger partial charge in [0.2, 0.25) is 0 Å². The Morgan fingerprint density at radius 2 is 1.92 bits per heavy atom. The molecule has 1 atom stereocenters. The molecule has 2 aromatic heterocycles. The number of benzene rings is 1. The molecule has 0 bridgehead atoms. The number of rotatable bonds is 9. The van der Waals surface area contributed by atoms with Gasteiger partial charge < -0.3 is 27.6 Å². The smallest absolute Gasteiger partial charge is 0.147 e. The lowest BCUT2D eigenvalue weighted by Gasteiger charge is -2.48. The molecule has 1 aliphatic heterocycles. The van der Waals surface area contributed by atoms with Crippen LogP contribution in [0.25, 0.3) is 0 Å². The molecular formula is C28H35Cl2N9. The van der Waals surface area contributed by atoms with E-state index in [-0.39, 0.29) is 11.5 Å². The first-order valence-electron chi connectivity index (χ1n) is 12.7. The molecular weight excluding hydrogens is 533 g/mol. The molecule has 3 heterocycles. The first-order valence-corrected chi connectivity index (χ1v) is 13.5. The maximum Gasteiger partial charge on any atom is 0.147 e. The number of nitrogens with one attached hydrogen (secondary N) is 1. The maximum absolute atomic E-state index is 8.67. The number of halogens is 2. The maximum atomic E-state index is 8.67. The first-order chi connectivity index (χ1) is 18.5. The number of aryl methyl sites for hydroxylation is 1. The minimum absolute atomic E-state index is 0.0649. The number of hydrazone groups is 1. The van der Waals surface area contributed by atoms with Gasteiger partial charge in [-0.05, 0) is 60.6 Å². The number of likely N-dealkylation sites (tertiary alicyclic amines) is 1. The highest BCUT2D eigenvalue weighted by Crippen LogP contribution is 2.33. The Morgan fingerprint density at radius 1 is 1.23 bits per heavy atom. The summed E-state index contributed by atoms with van der Waals surface area (Å²) in [6, 6.07) is 5.77. The molecule has 0 unspecified atom stereocenters. The van der Waals surface area contributed by atoms with E-state index in [4.69, 9.17) is 45.9 Å². The van der Waals surface area contributed by atoms with Crippen LogP contribution in [0.15, 0.2) is 54.0 Å². The van der Waals surface area contributed by atoms with Crippen molar-refractivity contribution in [2.75, 3.05) is 18.8 Å². The number of aromatic nitrogens is 3. The largest absolute Gasteiger partial charge is 0.398 e. The highest BCUT2D eigenvalue weighted by Gasteiger charge is 2.41. The second-order valence-corrected chi connectivity index (χ2v) is 11.2. The third kappa shape index (κ3) is 6.43. The van der Waals surface area contributed by atoms with Gasteiger partial charge in [-0.1, -0.05) is 42.3 Å². The fraction of sp³-hybridized carbons (Fsp3) is 0.357. The quantitative estimate of drug-likeness (QED) is 0.1000. The summed E-state index contributed by atoms with van der Waals surface area (Å²) in [6.45, 7) is 5.38. The Bertz CT molecular complexity index is 1400. The lowest BCUT2D eigenvalue weighted by atomic mass is 9.84. The Kier molecular flexibility index (Phi) is 8.64. The molecule has 1 fully saturated rings. The number of nitrogen functional groups attached to an aromatic ring is 1. The second-order valence-electron chi connectivity index (χ2n) is 10.4. The van der Waals surface area contributed by atoms with Crippen molar-refractivity contribution in [3.8, 4) is 0 Å². The number of nitrogens with two attached hydrogens (primary N) is 3. The van der Waals surface area contributed by atoms with Crippen LogP contribution in [0.2, 0.25) is 10.0 Å². The summed E-state index contributed by atoms with van der Waals surface area (Å²) in [5.41, 5.74) is 18.3. The first kappa shape index (κ1) is 28.6. The fourth-order valence-corrected chi connectivity index (χ4v) is 5.78. The van der Waals surface area contributed by atoms with Gasteiger partial charge in [-0.2, -0.15) is 10.2 Å². The number of hydrogen-bond acceptors (Lipinski definition) is 7. The average molecular weight is 569 g/mol. The van der Waals surface area contributed by atoms with Crippen molar-refractivity contribution < 1.29 is 0 Å². The Balaban J connectivity index is 1.36. The van der Waals surface area contributed by atoms with E-state index in [1.807, 2.05) is 60.1 Å². The van der Waals surface area contributed by atoms with Gasteiger partial charge in [0.25, 0.3) is 0 Å². The lowest BCUT2D eigenvalue weighted by Crippen LogP contribution is -2.69. The molecule has 0 saturated carbocycles. The second kappa shape index (κ2) is 11.8. The van der Waals surface area contributed by atoms with E-state index in [1.54, 1.807) is 12.4 Å². The highest BCUT2D eigenvalue weighted by molar-refractivity contribution is 6.35. The van der Waals surface area contributed by atoms with E-state index in [9.17, 15) is 0 Å². The van der Waals surface area contributed by atoms with E-state index in [1.165, 1.54) is 0 Å². The monoisotopic (exact) mass is 567 g/mol. The van der Waals surface area contributed by atoms with Crippen LogP contribution in [0.1, 0.15) is 47.2 Å². The van der Waals surface area contributed by atoms with Gasteiger partial charge in [0, 0.05) is 61.6 Å². The summed E-state index contributed by atoms with van der Waals surface area (Å²) in [5, 5.41) is 18.0. The predicted molar refractivity (Wildman–Crippen MR) is 160 cm³/mol. The molecule has 9 nitrogen and oxygen atoms in total. The minimum Gasteiger partial charge on any atom is -0.398 e. The van der Waals surface area contributed by atoms with Gasteiger partial charge in [-0.3, -0.25) is 9.67 Å². The van der Waals surface area contributed by atoms with Crippen molar-refractivity contribution in [1.29, 1.82) is 5.41 Å². The predicted octanol–water partition coefficient (Wildman–Crippen LogP) is 4.20. The molecule has 206 valence electrons. The van der Waals surface area contributed by atoms with Crippen LogP contribution in [-0.2, 0) is 19.9 Å². The molecule has 0 amide bonds. The van der Waals surface area contributed by atoms with Gasteiger partial charge in [-0.25, -0.2) is 0 Å². The van der Waals surface area contributed by atoms with Crippen LogP contribution >= 0.6 is 23.2 Å². The summed E-state index contributed by atoms with van der Waals surface area (Å²) in [4.78, 5) is 6.07. The summed E-state index contributed by atoms with van der Waals surface area (Å²) in [7, 11) is 1.93. The summed E-state index contributed by atoms with van der Waals surface area (Å²) >= 11 is 12.7. The van der Waals surface area contributed by atoms with E-state index >= 15 is 0 Å². The molecule has 0 aliphatic carbocycles. The van der Waals surface area contributed by atoms with E-state index in [0.717, 1.165) is 28.8 Å². The van der Waals surface area contributed by atoms with Crippen LogP contribution in [-0.4, -0.2) is 49.8 Å². The summed E-state index contributed by atoms with van der Waals surface area (Å²) in [5.74, 6) is 6.38. The number of pyridine rings is 1. The molecule has 7 N–H and O–H groups in total. The van der Waals surface area contributed by atoms with Gasteiger partial charge in [-0.15, -0.1) is 0 Å². The molecule has 4 rings (SSSR count). The summed E-state index contributed by atoms with van der Waals surface area (Å²) < 4.78 is 1.86. The summed E-state index contributed by atoms with van der Waals surface area (Å²) in [6.07, 6.45) is 10.6. The lowest BCUT2D eigenvalue weighted by molar-refractivity contribution is 0.146. The van der Waals surface area contributed by atoms with Crippen molar-refractivity contribution in [2.24, 2.45) is 23.7 Å². The van der Waals surface area contributed by atoms with Crippen molar-refractivity contribution in [3.63, 3.8) is 0 Å². The number of hydrogen-bond donors (Lipinski definition) is 4. The standard InChI is InChI=1S/C28H35Cl2N9/c1-17(27-22(29)13-35-14-23(27)30)9-19-7-8-25(32)21(10-19)24(31)5-4-6-26(37-34)39-15-28(33,16-39)11-20-12-36-38(3)18(20)2/h4,6-8,10,12-14,17,31H,5,9,11,15-16,32-34H2,1-3H3/b6-4-,31-24?,37-26+/t17-/m0/s1. The molecule has 39 heavy (non-hydrogen) atoms. The topological polar surface area (TPSA) is 148 Å². The van der Waals surface area contributed by atoms with Crippen molar-refractivity contribution in [2.45, 2.75) is 44.6 Å². The Labute approximate surface area is 239 Å². The Hall–Kier alpha value is -3.40. The molecule has 11 heteroatoms. The number of amidine groups is 1. The number of anilines is 1. The zero-order chi connectivity index (χ0) is 28.3. The Morgan fingerprint density at radius 3 is 2.54 bits per heavy atom. The molecule has 0 spiro atoms. The van der Waals surface area contributed by atoms with Crippen LogP contribution in [0, 0.1) is 12.3 Å². The number of nitrogens with zero attached hydrogens (tertiary/aromatic N) is 5. The normalized spacial score (nSPS) is 15.9. The average Bonchev–Trinajstić information content (AvgIpc) is 3.18. The highest BCUT2D eigenvalue weighted by atomic mass is 35.5. The van der Waals surface area contributed by atoms with Crippen molar-refractivity contribution >= 4 is 40.4 Å². The van der Waals surface area contributed by atoms with Crippen molar-refractivity contribution in [3.05, 3.63) is 86.9 Å². The third-order valence-electron chi connectivity index (χ3n) is 7.30. The fourth-order valence-electron chi connectivity index (χ4n) is 5.05. The SMILES string of the molecule is Cc1c(CC2(N)CN(C(/C=C\CC(=N)c3cc(C[C@H](C)c4c(Cl)cncc4Cl)ccc3N)=N/N)C2)cnn1C. The van der Waals surface area contributed by atoms with Gasteiger partial charge in [0.1, 0.15) is 5.84 Å². The minimum atomic E-state index is -0.360. The molecule has 1 saturated heterocycles. The zero-order valence-electron chi connectivity index (χ0n) is 22.5. The van der Waals surface area contributed by atoms with E-state index < -0.39 is 0 Å². The molecule has 0 radical (unpaired) electrons. The van der Waals surface area contributed by atoms with Crippen LogP contribution in [0.3, 0.4) is 0 Å². The van der Waals surface area contributed by atoms with E-state index in [0.29, 0.717) is 58.8 Å². The third-order valence-corrected chi connectivity index (χ3v) is 7.91. The van der Waals surface area contributed by atoms with Crippen LogP contribution < -0.4 is 17.3 Å². The zero-order valence-corrected chi connectivity index (χ0v) is 24.0. The van der Waals surface area contributed by atoms with Gasteiger partial charge in [0.05, 0.1) is 21.8 Å². The molecule has 3 aromatic rings. The number of allylic oxidation sites excluding steroid dienone is 1. The van der Waals surface area contributed by atoms with Gasteiger partial charge in [0.15, 0.2) is 0 Å². The molecule has 1 aliphatic rings. The van der Waals surface area contributed by atoms with Crippen molar-refractivity contribution in [1.82, 2.24) is 19.7 Å². The van der Waals surface area contributed by atoms with Crippen LogP contribution in [0.5, 0.6) is 0 Å². The van der Waals surface area contributed by atoms with E-state index in [2.05, 4.69) is 22.1 Å². The van der Waals surface area contributed by atoms with Crippen LogP contribution in [0.4, 0.5) is 5.69 Å². The molecule has 1 aromatic carbocycles. The van der Waals surface area contributed by atoms with Gasteiger partial charge >= 0.3 is 0 Å².